The number of nitrogens with zero attached hydrogens (tertiary/aromatic N) is 3. The predicted octanol–water partition coefficient (Wildman–Crippen LogP) is 1.67. The number of rotatable bonds is 7. The fraction of sp³-hybridized carbons (Fsp3) is 0.412. The highest BCUT2D eigenvalue weighted by atomic mass is 35.5. The lowest BCUT2D eigenvalue weighted by Gasteiger charge is -2.28. The summed E-state index contributed by atoms with van der Waals surface area (Å²) < 4.78 is 32.4. The molecule has 1 fully saturated rings. The van der Waals surface area contributed by atoms with Crippen molar-refractivity contribution in [2.75, 3.05) is 49.6 Å². The second kappa shape index (κ2) is 8.83. The fourth-order valence-electron chi connectivity index (χ4n) is 2.66. The topological polar surface area (TPSA) is 96.5 Å². The molecule has 27 heavy (non-hydrogen) atoms. The van der Waals surface area contributed by atoms with Crippen LogP contribution in [0.5, 0.6) is 0 Å². The van der Waals surface area contributed by atoms with Gasteiger partial charge in [-0.25, -0.2) is 18.1 Å². The normalized spacial score (nSPS) is 15.0. The van der Waals surface area contributed by atoms with Gasteiger partial charge in [-0.15, -0.1) is 0 Å². The molecule has 2 heterocycles. The van der Waals surface area contributed by atoms with Gasteiger partial charge in [0.1, 0.15) is 5.82 Å². The van der Waals surface area contributed by atoms with Crippen molar-refractivity contribution in [3.63, 3.8) is 0 Å². The number of aromatic nitrogens is 2. The molecule has 2 aromatic rings. The first-order valence-electron chi connectivity index (χ1n) is 8.61. The third kappa shape index (κ3) is 5.52. The van der Waals surface area contributed by atoms with Crippen molar-refractivity contribution in [1.29, 1.82) is 0 Å². The molecule has 0 saturated carbocycles. The van der Waals surface area contributed by atoms with E-state index < -0.39 is 10.0 Å². The van der Waals surface area contributed by atoms with Crippen LogP contribution >= 0.6 is 11.6 Å². The van der Waals surface area contributed by atoms with Gasteiger partial charge < -0.3 is 15.0 Å². The minimum absolute atomic E-state index is 0.136. The van der Waals surface area contributed by atoms with Gasteiger partial charge in [0.2, 0.25) is 16.0 Å². The van der Waals surface area contributed by atoms with Crippen molar-refractivity contribution in [2.24, 2.45) is 0 Å². The number of aryl methyl sites for hydroxylation is 1. The summed E-state index contributed by atoms with van der Waals surface area (Å²) in [4.78, 5) is 11.2. The van der Waals surface area contributed by atoms with E-state index in [2.05, 4.69) is 24.9 Å². The fourth-order valence-corrected chi connectivity index (χ4v) is 3.99. The number of hydrogen-bond acceptors (Lipinski definition) is 7. The van der Waals surface area contributed by atoms with Gasteiger partial charge in [0.15, 0.2) is 0 Å². The van der Waals surface area contributed by atoms with E-state index in [1.54, 1.807) is 12.1 Å². The first-order chi connectivity index (χ1) is 12.9. The average molecular weight is 412 g/mol. The highest BCUT2D eigenvalue weighted by Crippen LogP contribution is 2.17. The van der Waals surface area contributed by atoms with Gasteiger partial charge in [-0.1, -0.05) is 17.7 Å². The molecule has 0 unspecified atom stereocenters. The number of nitrogens with one attached hydrogen (secondary N) is 2. The lowest BCUT2D eigenvalue weighted by atomic mass is 10.3. The summed E-state index contributed by atoms with van der Waals surface area (Å²) in [7, 11) is -3.61. The summed E-state index contributed by atoms with van der Waals surface area (Å²) in [6.45, 7) is 5.38. The zero-order valence-electron chi connectivity index (χ0n) is 15.0. The van der Waals surface area contributed by atoms with Gasteiger partial charge in [-0.2, -0.15) is 4.98 Å². The van der Waals surface area contributed by atoms with Gasteiger partial charge in [-0.05, 0) is 25.1 Å². The van der Waals surface area contributed by atoms with Crippen molar-refractivity contribution in [2.45, 2.75) is 11.8 Å². The molecule has 1 aliphatic heterocycles. The zero-order valence-corrected chi connectivity index (χ0v) is 16.6. The second-order valence-corrected chi connectivity index (χ2v) is 8.28. The van der Waals surface area contributed by atoms with E-state index in [-0.39, 0.29) is 11.4 Å². The Bertz CT molecular complexity index is 888. The first-order valence-corrected chi connectivity index (χ1v) is 10.5. The van der Waals surface area contributed by atoms with Crippen LogP contribution in [0.25, 0.3) is 0 Å². The van der Waals surface area contributed by atoms with Crippen LogP contribution in [0.4, 0.5) is 11.8 Å². The summed E-state index contributed by atoms with van der Waals surface area (Å²) >= 11 is 5.85. The molecule has 0 amide bonds. The molecule has 146 valence electrons. The Labute approximate surface area is 164 Å². The number of sulfonamides is 1. The third-order valence-electron chi connectivity index (χ3n) is 3.98. The summed E-state index contributed by atoms with van der Waals surface area (Å²) in [6.07, 6.45) is 0. The molecule has 3 rings (SSSR count). The SMILES string of the molecule is Cc1cc(N2CCOCC2)nc(NCCNS(=O)(=O)c2cccc(Cl)c2)n1. The van der Waals surface area contributed by atoms with Gasteiger partial charge in [0, 0.05) is 43.0 Å². The smallest absolute Gasteiger partial charge is 0.240 e. The Morgan fingerprint density at radius 1 is 1.19 bits per heavy atom. The van der Waals surface area contributed by atoms with E-state index in [9.17, 15) is 8.42 Å². The molecule has 1 aliphatic rings. The summed E-state index contributed by atoms with van der Waals surface area (Å²) in [5, 5.41) is 3.44. The maximum atomic E-state index is 12.3. The van der Waals surface area contributed by atoms with E-state index >= 15 is 0 Å². The van der Waals surface area contributed by atoms with E-state index in [4.69, 9.17) is 16.3 Å². The number of anilines is 2. The number of hydrogen-bond donors (Lipinski definition) is 2. The molecule has 1 aromatic heterocycles. The van der Waals surface area contributed by atoms with Crippen LogP contribution in [-0.2, 0) is 14.8 Å². The molecule has 8 nitrogen and oxygen atoms in total. The summed E-state index contributed by atoms with van der Waals surface area (Å²) in [5.74, 6) is 1.31. The highest BCUT2D eigenvalue weighted by molar-refractivity contribution is 7.89. The summed E-state index contributed by atoms with van der Waals surface area (Å²) in [6, 6.07) is 8.07. The van der Waals surface area contributed by atoms with Crippen LogP contribution in [0, 0.1) is 6.92 Å². The van der Waals surface area contributed by atoms with E-state index in [1.807, 2.05) is 13.0 Å². The predicted molar refractivity (Wildman–Crippen MR) is 105 cm³/mol. The molecule has 1 saturated heterocycles. The van der Waals surface area contributed by atoms with Crippen molar-refractivity contribution in [3.05, 3.63) is 41.0 Å². The van der Waals surface area contributed by atoms with Crippen molar-refractivity contribution in [3.8, 4) is 0 Å². The van der Waals surface area contributed by atoms with Gasteiger partial charge in [-0.3, -0.25) is 0 Å². The van der Waals surface area contributed by atoms with Crippen LogP contribution in [-0.4, -0.2) is 57.8 Å². The van der Waals surface area contributed by atoms with Gasteiger partial charge in [0.05, 0.1) is 18.1 Å². The van der Waals surface area contributed by atoms with Crippen LogP contribution in [0.2, 0.25) is 5.02 Å². The number of ether oxygens (including phenoxy) is 1. The molecular weight excluding hydrogens is 390 g/mol. The lowest BCUT2D eigenvalue weighted by Crippen LogP contribution is -2.37. The number of halogens is 1. The number of morpholine rings is 1. The zero-order chi connectivity index (χ0) is 19.3. The molecule has 0 radical (unpaired) electrons. The molecule has 2 N–H and O–H groups in total. The Morgan fingerprint density at radius 3 is 2.70 bits per heavy atom. The van der Waals surface area contributed by atoms with Gasteiger partial charge >= 0.3 is 0 Å². The van der Waals surface area contributed by atoms with Crippen LogP contribution in [0.3, 0.4) is 0 Å². The maximum Gasteiger partial charge on any atom is 0.240 e. The second-order valence-electron chi connectivity index (χ2n) is 6.07. The Hall–Kier alpha value is -1.94. The van der Waals surface area contributed by atoms with E-state index in [0.717, 1.165) is 24.6 Å². The Balaban J connectivity index is 1.56. The molecule has 0 spiro atoms. The van der Waals surface area contributed by atoms with Crippen molar-refractivity contribution < 1.29 is 13.2 Å². The Morgan fingerprint density at radius 2 is 1.96 bits per heavy atom. The minimum atomic E-state index is -3.61. The van der Waals surface area contributed by atoms with Crippen LogP contribution in [0.1, 0.15) is 5.69 Å². The average Bonchev–Trinajstić information content (AvgIpc) is 2.66. The molecule has 0 bridgehead atoms. The van der Waals surface area contributed by atoms with Crippen LogP contribution in [0.15, 0.2) is 35.2 Å². The molecule has 0 atom stereocenters. The standard InChI is InChI=1S/C17H22ClN5O3S/c1-13-11-16(23-7-9-26-10-8-23)22-17(21-13)19-5-6-20-27(24,25)15-4-2-3-14(18)12-15/h2-4,11-12,20H,5-10H2,1H3,(H,19,21,22). The molecular formula is C17H22ClN5O3S. The highest BCUT2D eigenvalue weighted by Gasteiger charge is 2.15. The number of benzene rings is 1. The largest absolute Gasteiger partial charge is 0.378 e. The van der Waals surface area contributed by atoms with Crippen LogP contribution < -0.4 is 14.9 Å². The lowest BCUT2D eigenvalue weighted by molar-refractivity contribution is 0.122. The van der Waals surface area contributed by atoms with E-state index in [0.29, 0.717) is 30.7 Å². The van der Waals surface area contributed by atoms with Gasteiger partial charge in [0.25, 0.3) is 0 Å². The van der Waals surface area contributed by atoms with E-state index in [1.165, 1.54) is 12.1 Å². The quantitative estimate of drug-likeness (QED) is 0.669. The van der Waals surface area contributed by atoms with Crippen molar-refractivity contribution in [1.82, 2.24) is 14.7 Å². The minimum Gasteiger partial charge on any atom is -0.378 e. The van der Waals surface area contributed by atoms with Crippen molar-refractivity contribution >= 4 is 33.4 Å². The monoisotopic (exact) mass is 411 g/mol. The Kier molecular flexibility index (Phi) is 6.48. The molecule has 1 aromatic carbocycles. The first kappa shape index (κ1) is 19.8. The third-order valence-corrected chi connectivity index (χ3v) is 5.68. The molecule has 0 aliphatic carbocycles. The summed E-state index contributed by atoms with van der Waals surface area (Å²) in [5.41, 5.74) is 0.841. The molecule has 10 heteroatoms. The maximum absolute atomic E-state index is 12.3.